The fraction of sp³-hybridized carbons (Fsp3) is 1.00. The van der Waals surface area contributed by atoms with Gasteiger partial charge in [-0.3, -0.25) is 0 Å². The molecule has 0 heterocycles. The monoisotopic (exact) mass is 415 g/mol. The summed E-state index contributed by atoms with van der Waals surface area (Å²) in [6.07, 6.45) is 3.90. The van der Waals surface area contributed by atoms with Gasteiger partial charge < -0.3 is 19.1 Å². The van der Waals surface area contributed by atoms with Crippen molar-refractivity contribution in [2.75, 3.05) is 67.0 Å². The van der Waals surface area contributed by atoms with Crippen molar-refractivity contribution in [3.63, 3.8) is 0 Å². The molecule has 0 aliphatic heterocycles. The van der Waals surface area contributed by atoms with Gasteiger partial charge in [0.25, 0.3) is 0 Å². The summed E-state index contributed by atoms with van der Waals surface area (Å²) in [6.45, 7) is 21.6. The molecule has 0 amide bonds. The lowest BCUT2D eigenvalue weighted by molar-refractivity contribution is 0.151. The van der Waals surface area contributed by atoms with Crippen molar-refractivity contribution in [3.05, 3.63) is 0 Å². The summed E-state index contributed by atoms with van der Waals surface area (Å²) < 4.78 is 6.58. The first-order valence-electron chi connectivity index (χ1n) is 11.9. The van der Waals surface area contributed by atoms with E-state index >= 15 is 0 Å². The quantitative estimate of drug-likeness (QED) is 0.293. The first kappa shape index (κ1) is 28.1. The van der Waals surface area contributed by atoms with Crippen LogP contribution in [0.15, 0.2) is 0 Å². The largest absolute Gasteiger partial charge is 0.417 e. The van der Waals surface area contributed by atoms with Crippen molar-refractivity contribution in [3.8, 4) is 0 Å². The van der Waals surface area contributed by atoms with Gasteiger partial charge in [-0.05, 0) is 110 Å². The Morgan fingerprint density at radius 1 is 0.643 bits per heavy atom. The Morgan fingerprint density at radius 2 is 1.00 bits per heavy atom. The highest BCUT2D eigenvalue weighted by molar-refractivity contribution is 6.73. The van der Waals surface area contributed by atoms with Gasteiger partial charge in [0.2, 0.25) is 0 Å². The van der Waals surface area contributed by atoms with Crippen molar-refractivity contribution in [2.24, 2.45) is 5.41 Å². The minimum absolute atomic E-state index is 0.393. The molecule has 0 aromatic rings. The maximum Gasteiger partial charge on any atom is 0.192 e. The van der Waals surface area contributed by atoms with E-state index in [1.165, 1.54) is 57.0 Å². The Bertz CT molecular complexity index is 341. The van der Waals surface area contributed by atoms with Gasteiger partial charge in [-0.15, -0.1) is 0 Å². The van der Waals surface area contributed by atoms with Crippen LogP contribution >= 0.6 is 0 Å². The third-order valence-corrected chi connectivity index (χ3v) is 12.0. The van der Waals surface area contributed by atoms with Gasteiger partial charge in [0.05, 0.1) is 0 Å². The summed E-state index contributed by atoms with van der Waals surface area (Å²) in [4.78, 5) is 7.47. The van der Waals surface area contributed by atoms with Gasteiger partial charge in [0, 0.05) is 6.61 Å². The molecule has 0 fully saturated rings. The van der Waals surface area contributed by atoms with Crippen LogP contribution in [0.4, 0.5) is 0 Å². The number of hydrogen-bond donors (Lipinski definition) is 0. The second-order valence-corrected chi connectivity index (χ2v) is 13.4. The normalized spacial score (nSPS) is 13.3. The molecule has 0 aliphatic rings. The van der Waals surface area contributed by atoms with Gasteiger partial charge in [0.1, 0.15) is 0 Å². The van der Waals surface area contributed by atoms with Gasteiger partial charge >= 0.3 is 0 Å². The highest BCUT2D eigenvalue weighted by atomic mass is 28.4. The van der Waals surface area contributed by atoms with Crippen LogP contribution in [-0.4, -0.2) is 90.0 Å². The average Bonchev–Trinajstić information content (AvgIpc) is 2.73. The van der Waals surface area contributed by atoms with Crippen LogP contribution in [0.1, 0.15) is 60.8 Å². The third-order valence-electron chi connectivity index (χ3n) is 7.13. The van der Waals surface area contributed by atoms with E-state index in [0.29, 0.717) is 5.41 Å². The molecule has 0 aliphatic carbocycles. The molecule has 0 unspecified atom stereocenters. The molecule has 0 atom stereocenters. The second-order valence-electron chi connectivity index (χ2n) is 8.94. The first-order valence-corrected chi connectivity index (χ1v) is 14.5. The minimum atomic E-state index is -1.68. The van der Waals surface area contributed by atoms with Crippen molar-refractivity contribution >= 4 is 8.32 Å². The van der Waals surface area contributed by atoms with Gasteiger partial charge in [-0.1, -0.05) is 34.6 Å². The van der Waals surface area contributed by atoms with Crippen molar-refractivity contribution < 1.29 is 4.43 Å². The predicted molar refractivity (Wildman–Crippen MR) is 129 cm³/mol. The lowest BCUT2D eigenvalue weighted by Gasteiger charge is -2.44. The smallest absolute Gasteiger partial charge is 0.192 e. The van der Waals surface area contributed by atoms with Crippen LogP contribution in [0, 0.1) is 5.41 Å². The Kier molecular flexibility index (Phi) is 15.0. The molecule has 0 saturated heterocycles. The molecule has 0 saturated carbocycles. The van der Waals surface area contributed by atoms with Crippen LogP contribution in [0.3, 0.4) is 0 Å². The van der Waals surface area contributed by atoms with E-state index in [0.717, 1.165) is 26.2 Å². The molecule has 0 rings (SSSR count). The van der Waals surface area contributed by atoms with E-state index in [1.54, 1.807) is 0 Å². The first-order chi connectivity index (χ1) is 13.3. The van der Waals surface area contributed by atoms with E-state index in [2.05, 4.69) is 77.4 Å². The topological polar surface area (TPSA) is 19.0 Å². The fourth-order valence-corrected chi connectivity index (χ4v) is 8.16. The molecule has 5 heteroatoms. The van der Waals surface area contributed by atoms with Crippen molar-refractivity contribution in [2.45, 2.75) is 78.9 Å². The van der Waals surface area contributed by atoms with E-state index < -0.39 is 8.32 Å². The number of nitrogens with zero attached hydrogens (tertiary/aromatic N) is 3. The molecular weight excluding hydrogens is 362 g/mol. The standard InChI is InChI=1S/C23H53N3OSi/c1-10-24(7)19-16-23(17-20-25(8)11-2,18-21-26(9)12-3)22-28(14-5,15-6)27-13-4/h10-22H2,1-9H3. The van der Waals surface area contributed by atoms with Gasteiger partial charge in [0.15, 0.2) is 8.32 Å². The zero-order valence-electron chi connectivity index (χ0n) is 20.9. The van der Waals surface area contributed by atoms with Crippen LogP contribution < -0.4 is 0 Å². The SMILES string of the molecule is CCO[Si](CC)(CC)CC(CCN(C)CC)(CCN(C)CC)CCN(C)CC. The Labute approximate surface area is 179 Å². The number of rotatable bonds is 18. The molecule has 0 bridgehead atoms. The van der Waals surface area contributed by atoms with E-state index in [-0.39, 0.29) is 0 Å². The molecular formula is C23H53N3OSi. The van der Waals surface area contributed by atoms with Crippen LogP contribution in [-0.2, 0) is 4.43 Å². The molecule has 0 aromatic heterocycles. The molecule has 170 valence electrons. The molecule has 28 heavy (non-hydrogen) atoms. The lowest BCUT2D eigenvalue weighted by atomic mass is 9.79. The summed E-state index contributed by atoms with van der Waals surface area (Å²) in [6, 6.07) is 3.82. The summed E-state index contributed by atoms with van der Waals surface area (Å²) in [7, 11) is 5.13. The maximum absolute atomic E-state index is 6.58. The predicted octanol–water partition coefficient (Wildman–Crippen LogP) is 5.02. The Balaban J connectivity index is 5.72. The lowest BCUT2D eigenvalue weighted by Crippen LogP contribution is -2.46. The highest BCUT2D eigenvalue weighted by Gasteiger charge is 2.42. The Hall–Kier alpha value is 0.0569. The molecule has 0 N–H and O–H groups in total. The summed E-state index contributed by atoms with van der Waals surface area (Å²) in [5.74, 6) is 0. The third kappa shape index (κ3) is 10.2. The van der Waals surface area contributed by atoms with E-state index in [1.807, 2.05) is 0 Å². The van der Waals surface area contributed by atoms with Crippen molar-refractivity contribution in [1.29, 1.82) is 0 Å². The molecule has 0 spiro atoms. The Morgan fingerprint density at radius 3 is 1.25 bits per heavy atom. The van der Waals surface area contributed by atoms with E-state index in [4.69, 9.17) is 4.43 Å². The zero-order chi connectivity index (χ0) is 21.6. The van der Waals surface area contributed by atoms with Gasteiger partial charge in [-0.25, -0.2) is 0 Å². The minimum Gasteiger partial charge on any atom is -0.417 e. The zero-order valence-corrected chi connectivity index (χ0v) is 21.9. The average molecular weight is 416 g/mol. The fourth-order valence-electron chi connectivity index (χ4n) is 4.14. The molecule has 4 nitrogen and oxygen atoms in total. The van der Waals surface area contributed by atoms with Crippen molar-refractivity contribution in [1.82, 2.24) is 14.7 Å². The highest BCUT2D eigenvalue weighted by Crippen LogP contribution is 2.43. The maximum atomic E-state index is 6.58. The summed E-state index contributed by atoms with van der Waals surface area (Å²) in [5.41, 5.74) is 0.393. The summed E-state index contributed by atoms with van der Waals surface area (Å²) >= 11 is 0. The number of hydrogen-bond acceptors (Lipinski definition) is 4. The molecule has 0 aromatic carbocycles. The summed E-state index contributed by atoms with van der Waals surface area (Å²) in [5, 5.41) is 0. The molecule has 0 radical (unpaired) electrons. The van der Waals surface area contributed by atoms with Crippen LogP contribution in [0.5, 0.6) is 0 Å². The van der Waals surface area contributed by atoms with Crippen LogP contribution in [0.2, 0.25) is 18.1 Å². The second kappa shape index (κ2) is 14.9. The van der Waals surface area contributed by atoms with Gasteiger partial charge in [-0.2, -0.15) is 0 Å². The van der Waals surface area contributed by atoms with E-state index in [9.17, 15) is 0 Å². The van der Waals surface area contributed by atoms with Crippen LogP contribution in [0.25, 0.3) is 0 Å².